The highest BCUT2D eigenvalue weighted by Gasteiger charge is 2.11. The van der Waals surface area contributed by atoms with Crippen molar-refractivity contribution in [3.63, 3.8) is 0 Å². The molecular weight excluding hydrogens is 284 g/mol. The van der Waals surface area contributed by atoms with Crippen LogP contribution in [0.15, 0.2) is 60.8 Å². The fraction of sp³-hybridized carbons (Fsp3) is 0.118. The van der Waals surface area contributed by atoms with Gasteiger partial charge < -0.3 is 10.4 Å². The molecule has 0 saturated carbocycles. The molecule has 0 spiro atoms. The Morgan fingerprint density at radius 1 is 1.10 bits per heavy atom. The number of aliphatic hydroxyl groups excluding tert-OH is 1. The summed E-state index contributed by atoms with van der Waals surface area (Å²) in [6.45, 7) is -0.00170. The topological polar surface area (TPSA) is 45.1 Å². The van der Waals surface area contributed by atoms with E-state index in [-0.39, 0.29) is 12.6 Å². The quantitative estimate of drug-likeness (QED) is 0.764. The van der Waals surface area contributed by atoms with Crippen LogP contribution in [0.2, 0.25) is 5.02 Å². The van der Waals surface area contributed by atoms with Crippen molar-refractivity contribution >= 4 is 28.2 Å². The first kappa shape index (κ1) is 13.9. The summed E-state index contributed by atoms with van der Waals surface area (Å²) >= 11 is 5.98. The number of aromatic nitrogens is 1. The standard InChI is InChI=1S/C17H15ClN2O/c18-14-4-1-5-15(10-14)20-17(11-21)13-6-7-16-12(9-13)3-2-8-19-16/h1-10,17,20-21H,11H2. The average Bonchev–Trinajstić information content (AvgIpc) is 2.52. The molecule has 0 amide bonds. The SMILES string of the molecule is OCC(Nc1cccc(Cl)c1)c1ccc2ncccc2c1. The lowest BCUT2D eigenvalue weighted by Crippen LogP contribution is -2.14. The number of aliphatic hydroxyl groups is 1. The van der Waals surface area contributed by atoms with Crippen LogP contribution in [0.3, 0.4) is 0 Å². The van der Waals surface area contributed by atoms with Crippen molar-refractivity contribution < 1.29 is 5.11 Å². The number of benzene rings is 2. The van der Waals surface area contributed by atoms with Gasteiger partial charge in [0, 0.05) is 22.3 Å². The molecule has 0 saturated heterocycles. The van der Waals surface area contributed by atoms with Gasteiger partial charge in [0.2, 0.25) is 0 Å². The van der Waals surface area contributed by atoms with E-state index >= 15 is 0 Å². The second kappa shape index (κ2) is 6.12. The van der Waals surface area contributed by atoms with Crippen molar-refractivity contribution in [3.8, 4) is 0 Å². The Hall–Kier alpha value is -2.10. The van der Waals surface area contributed by atoms with Gasteiger partial charge in [-0.2, -0.15) is 0 Å². The van der Waals surface area contributed by atoms with Gasteiger partial charge in [-0.25, -0.2) is 0 Å². The Morgan fingerprint density at radius 3 is 2.81 bits per heavy atom. The number of halogens is 1. The van der Waals surface area contributed by atoms with Gasteiger partial charge in [-0.05, 0) is 42.0 Å². The van der Waals surface area contributed by atoms with Crippen LogP contribution in [0.1, 0.15) is 11.6 Å². The van der Waals surface area contributed by atoms with Gasteiger partial charge in [-0.3, -0.25) is 4.98 Å². The highest BCUT2D eigenvalue weighted by Crippen LogP contribution is 2.24. The third-order valence-electron chi connectivity index (χ3n) is 3.38. The fourth-order valence-corrected chi connectivity index (χ4v) is 2.51. The minimum Gasteiger partial charge on any atom is -0.394 e. The minimum atomic E-state index is -0.187. The second-order valence-electron chi connectivity index (χ2n) is 4.85. The van der Waals surface area contributed by atoms with Crippen molar-refractivity contribution in [2.75, 3.05) is 11.9 Å². The summed E-state index contributed by atoms with van der Waals surface area (Å²) in [6, 6.07) is 17.2. The molecule has 3 rings (SSSR count). The summed E-state index contributed by atoms with van der Waals surface area (Å²) in [5.41, 5.74) is 2.84. The molecule has 1 unspecified atom stereocenters. The molecule has 3 aromatic rings. The Bertz CT molecular complexity index is 760. The summed E-state index contributed by atoms with van der Waals surface area (Å²) in [6.07, 6.45) is 1.77. The number of hydrogen-bond donors (Lipinski definition) is 2. The van der Waals surface area contributed by atoms with Crippen molar-refractivity contribution in [2.24, 2.45) is 0 Å². The molecule has 2 aromatic carbocycles. The summed E-state index contributed by atoms with van der Waals surface area (Å²) < 4.78 is 0. The van der Waals surface area contributed by atoms with E-state index in [0.717, 1.165) is 22.2 Å². The summed E-state index contributed by atoms with van der Waals surface area (Å²) in [5, 5.41) is 14.7. The zero-order valence-electron chi connectivity index (χ0n) is 11.3. The first-order chi connectivity index (χ1) is 10.3. The molecule has 0 bridgehead atoms. The van der Waals surface area contributed by atoms with Crippen molar-refractivity contribution in [1.29, 1.82) is 0 Å². The van der Waals surface area contributed by atoms with E-state index < -0.39 is 0 Å². The zero-order chi connectivity index (χ0) is 14.7. The van der Waals surface area contributed by atoms with Gasteiger partial charge in [-0.1, -0.05) is 29.8 Å². The molecular formula is C17H15ClN2O. The molecule has 0 aliphatic heterocycles. The maximum atomic E-state index is 9.67. The minimum absolute atomic E-state index is 0.00170. The van der Waals surface area contributed by atoms with Crippen LogP contribution in [0.5, 0.6) is 0 Å². The predicted octanol–water partition coefficient (Wildman–Crippen LogP) is 4.03. The molecule has 0 fully saturated rings. The van der Waals surface area contributed by atoms with Crippen LogP contribution < -0.4 is 5.32 Å². The van der Waals surface area contributed by atoms with Gasteiger partial charge >= 0.3 is 0 Å². The van der Waals surface area contributed by atoms with Crippen LogP contribution in [-0.4, -0.2) is 16.7 Å². The van der Waals surface area contributed by atoms with Crippen molar-refractivity contribution in [2.45, 2.75) is 6.04 Å². The van der Waals surface area contributed by atoms with E-state index in [1.807, 2.05) is 54.6 Å². The van der Waals surface area contributed by atoms with Crippen LogP contribution >= 0.6 is 11.6 Å². The first-order valence-electron chi connectivity index (χ1n) is 6.74. The maximum Gasteiger partial charge on any atom is 0.0745 e. The number of nitrogens with one attached hydrogen (secondary N) is 1. The van der Waals surface area contributed by atoms with Crippen molar-refractivity contribution in [1.82, 2.24) is 4.98 Å². The molecule has 1 heterocycles. The largest absolute Gasteiger partial charge is 0.394 e. The van der Waals surface area contributed by atoms with Gasteiger partial charge in [0.05, 0.1) is 18.2 Å². The van der Waals surface area contributed by atoms with Gasteiger partial charge in [-0.15, -0.1) is 0 Å². The first-order valence-corrected chi connectivity index (χ1v) is 7.12. The summed E-state index contributed by atoms with van der Waals surface area (Å²) in [7, 11) is 0. The Labute approximate surface area is 128 Å². The molecule has 1 atom stereocenters. The van der Waals surface area contributed by atoms with Crippen LogP contribution in [0, 0.1) is 0 Å². The van der Waals surface area contributed by atoms with Gasteiger partial charge in [0.1, 0.15) is 0 Å². The number of rotatable bonds is 4. The zero-order valence-corrected chi connectivity index (χ0v) is 12.1. The molecule has 0 aliphatic rings. The summed E-state index contributed by atoms with van der Waals surface area (Å²) in [4.78, 5) is 4.30. The smallest absolute Gasteiger partial charge is 0.0745 e. The van der Waals surface area contributed by atoms with E-state index in [1.165, 1.54) is 0 Å². The second-order valence-corrected chi connectivity index (χ2v) is 5.28. The fourth-order valence-electron chi connectivity index (χ4n) is 2.32. The third-order valence-corrected chi connectivity index (χ3v) is 3.61. The lowest BCUT2D eigenvalue weighted by atomic mass is 10.0. The van der Waals surface area contributed by atoms with Gasteiger partial charge in [0.15, 0.2) is 0 Å². The van der Waals surface area contributed by atoms with E-state index in [9.17, 15) is 5.11 Å². The number of anilines is 1. The molecule has 1 aromatic heterocycles. The third kappa shape index (κ3) is 3.15. The molecule has 3 nitrogen and oxygen atoms in total. The van der Waals surface area contributed by atoms with E-state index in [1.54, 1.807) is 6.20 Å². The van der Waals surface area contributed by atoms with Crippen LogP contribution in [0.25, 0.3) is 10.9 Å². The Kier molecular flexibility index (Phi) is 4.04. The summed E-state index contributed by atoms with van der Waals surface area (Å²) in [5.74, 6) is 0. The predicted molar refractivity (Wildman–Crippen MR) is 86.6 cm³/mol. The normalized spacial score (nSPS) is 12.3. The number of fused-ring (bicyclic) bond motifs is 1. The number of nitrogens with zero attached hydrogens (tertiary/aromatic N) is 1. The molecule has 0 radical (unpaired) electrons. The highest BCUT2D eigenvalue weighted by molar-refractivity contribution is 6.30. The molecule has 0 aliphatic carbocycles. The van der Waals surface area contributed by atoms with Crippen LogP contribution in [-0.2, 0) is 0 Å². The lowest BCUT2D eigenvalue weighted by molar-refractivity contribution is 0.276. The van der Waals surface area contributed by atoms with E-state index in [0.29, 0.717) is 5.02 Å². The molecule has 106 valence electrons. The average molecular weight is 299 g/mol. The number of pyridine rings is 1. The van der Waals surface area contributed by atoms with Gasteiger partial charge in [0.25, 0.3) is 0 Å². The number of hydrogen-bond acceptors (Lipinski definition) is 3. The van der Waals surface area contributed by atoms with Crippen molar-refractivity contribution in [3.05, 3.63) is 71.4 Å². The van der Waals surface area contributed by atoms with E-state index in [2.05, 4.69) is 10.3 Å². The van der Waals surface area contributed by atoms with E-state index in [4.69, 9.17) is 11.6 Å². The molecule has 21 heavy (non-hydrogen) atoms. The lowest BCUT2D eigenvalue weighted by Gasteiger charge is -2.18. The maximum absolute atomic E-state index is 9.67. The highest BCUT2D eigenvalue weighted by atomic mass is 35.5. The Morgan fingerprint density at radius 2 is 2.00 bits per heavy atom. The molecule has 4 heteroatoms. The monoisotopic (exact) mass is 298 g/mol. The molecule has 2 N–H and O–H groups in total. The Balaban J connectivity index is 1.90. The van der Waals surface area contributed by atoms with Crippen LogP contribution in [0.4, 0.5) is 5.69 Å².